The van der Waals surface area contributed by atoms with Gasteiger partial charge in [-0.2, -0.15) is 4.31 Å². The summed E-state index contributed by atoms with van der Waals surface area (Å²) in [5, 5.41) is 0. The zero-order chi connectivity index (χ0) is 14.0. The van der Waals surface area contributed by atoms with Gasteiger partial charge in [-0.3, -0.25) is 0 Å². The van der Waals surface area contributed by atoms with Gasteiger partial charge in [0.05, 0.1) is 3.79 Å². The molecule has 0 bridgehead atoms. The number of nitrogens with two attached hydrogens (primary N) is 1. The summed E-state index contributed by atoms with van der Waals surface area (Å²) in [6.45, 7) is 0.554. The number of rotatable bonds is 4. The van der Waals surface area contributed by atoms with E-state index in [1.807, 2.05) is 0 Å². The lowest BCUT2D eigenvalue weighted by molar-refractivity contribution is 0.204. The maximum absolute atomic E-state index is 12.6. The van der Waals surface area contributed by atoms with Crippen molar-refractivity contribution in [3.8, 4) is 0 Å². The summed E-state index contributed by atoms with van der Waals surface area (Å²) in [6.07, 6.45) is 4.16. The average Bonchev–Trinajstić information content (AvgIpc) is 2.85. The van der Waals surface area contributed by atoms with Crippen molar-refractivity contribution in [2.75, 3.05) is 13.6 Å². The summed E-state index contributed by atoms with van der Waals surface area (Å²) in [4.78, 5) is 0. The number of halogens is 1. The molecule has 2 rings (SSSR count). The molecule has 2 atom stereocenters. The Morgan fingerprint density at radius 3 is 2.68 bits per heavy atom. The minimum Gasteiger partial charge on any atom is -0.330 e. The second-order valence-corrected chi connectivity index (χ2v) is 9.61. The van der Waals surface area contributed by atoms with E-state index in [0.717, 1.165) is 29.5 Å². The van der Waals surface area contributed by atoms with E-state index in [0.29, 0.717) is 10.8 Å². The molecule has 108 valence electrons. The molecule has 2 unspecified atom stereocenters. The highest BCUT2D eigenvalue weighted by Gasteiger charge is 2.35. The first-order chi connectivity index (χ1) is 8.96. The van der Waals surface area contributed by atoms with E-state index in [2.05, 4.69) is 15.9 Å². The number of nitrogens with zero attached hydrogens (tertiary/aromatic N) is 1. The van der Waals surface area contributed by atoms with Gasteiger partial charge < -0.3 is 5.73 Å². The Kier molecular flexibility index (Phi) is 5.05. The van der Waals surface area contributed by atoms with Crippen LogP contribution < -0.4 is 5.73 Å². The van der Waals surface area contributed by atoms with Crippen LogP contribution in [0.3, 0.4) is 0 Å². The van der Waals surface area contributed by atoms with Crippen LogP contribution in [-0.4, -0.2) is 32.4 Å². The highest BCUT2D eigenvalue weighted by Crippen LogP contribution is 2.33. The Labute approximate surface area is 127 Å². The first kappa shape index (κ1) is 15.4. The lowest BCUT2D eigenvalue weighted by Gasteiger charge is -2.36. The van der Waals surface area contributed by atoms with Crippen LogP contribution >= 0.6 is 27.3 Å². The molecular weight excluding hydrogens is 348 g/mol. The van der Waals surface area contributed by atoms with Crippen molar-refractivity contribution >= 4 is 37.3 Å². The average molecular weight is 367 g/mol. The second kappa shape index (κ2) is 6.22. The molecule has 2 N–H and O–H groups in total. The van der Waals surface area contributed by atoms with Gasteiger partial charge >= 0.3 is 0 Å². The van der Waals surface area contributed by atoms with Crippen LogP contribution in [0.4, 0.5) is 0 Å². The van der Waals surface area contributed by atoms with E-state index in [1.165, 1.54) is 15.6 Å². The van der Waals surface area contributed by atoms with Gasteiger partial charge in [0.15, 0.2) is 0 Å². The molecule has 1 saturated carbocycles. The quantitative estimate of drug-likeness (QED) is 0.890. The van der Waals surface area contributed by atoms with Gasteiger partial charge in [-0.1, -0.05) is 12.8 Å². The molecule has 7 heteroatoms. The molecule has 0 aromatic carbocycles. The van der Waals surface area contributed by atoms with Gasteiger partial charge in [0.1, 0.15) is 4.21 Å². The topological polar surface area (TPSA) is 63.4 Å². The van der Waals surface area contributed by atoms with Crippen LogP contribution in [0.2, 0.25) is 0 Å². The van der Waals surface area contributed by atoms with Gasteiger partial charge in [-0.15, -0.1) is 11.3 Å². The Morgan fingerprint density at radius 1 is 1.42 bits per heavy atom. The van der Waals surface area contributed by atoms with E-state index in [1.54, 1.807) is 19.2 Å². The van der Waals surface area contributed by atoms with Crippen LogP contribution in [0.25, 0.3) is 0 Å². The Morgan fingerprint density at radius 2 is 2.11 bits per heavy atom. The smallest absolute Gasteiger partial charge is 0.252 e. The Balaban J connectivity index is 2.24. The summed E-state index contributed by atoms with van der Waals surface area (Å²) in [6, 6.07) is 3.46. The monoisotopic (exact) mass is 366 g/mol. The molecule has 0 amide bonds. The molecular formula is C12H19BrN2O2S2. The highest BCUT2D eigenvalue weighted by molar-refractivity contribution is 9.11. The van der Waals surface area contributed by atoms with Crippen molar-refractivity contribution in [3.63, 3.8) is 0 Å². The first-order valence-electron chi connectivity index (χ1n) is 6.40. The van der Waals surface area contributed by atoms with Gasteiger partial charge in [0, 0.05) is 13.1 Å². The third kappa shape index (κ3) is 3.21. The SMILES string of the molecule is CN(C1CCCCC1CN)S(=O)(=O)c1ccc(Br)s1. The molecule has 4 nitrogen and oxygen atoms in total. The maximum atomic E-state index is 12.6. The van der Waals surface area contributed by atoms with Crippen LogP contribution in [0.15, 0.2) is 20.1 Å². The third-order valence-electron chi connectivity index (χ3n) is 3.82. The second-order valence-electron chi connectivity index (χ2n) is 4.93. The third-order valence-corrected chi connectivity index (χ3v) is 7.79. The molecule has 19 heavy (non-hydrogen) atoms. The molecule has 1 heterocycles. The fourth-order valence-electron chi connectivity index (χ4n) is 2.70. The normalized spacial score (nSPS) is 24.8. The predicted octanol–water partition coefficient (Wildman–Crippen LogP) is 2.65. The van der Waals surface area contributed by atoms with E-state index in [-0.39, 0.29) is 12.0 Å². The molecule has 0 spiro atoms. The van der Waals surface area contributed by atoms with Gasteiger partial charge in [0.2, 0.25) is 0 Å². The minimum atomic E-state index is -3.39. The van der Waals surface area contributed by atoms with Crippen molar-refractivity contribution in [3.05, 3.63) is 15.9 Å². The maximum Gasteiger partial charge on any atom is 0.252 e. The van der Waals surface area contributed by atoms with Crippen LogP contribution in [0.5, 0.6) is 0 Å². The van der Waals surface area contributed by atoms with Crippen LogP contribution in [0, 0.1) is 5.92 Å². The highest BCUT2D eigenvalue weighted by atomic mass is 79.9. The van der Waals surface area contributed by atoms with E-state index >= 15 is 0 Å². The standard InChI is InChI=1S/C12H19BrN2O2S2/c1-15(10-5-3-2-4-9(10)8-14)19(16,17)12-7-6-11(13)18-12/h6-7,9-10H,2-5,8,14H2,1H3. The van der Waals surface area contributed by atoms with Gasteiger partial charge in [0.25, 0.3) is 10.0 Å². The molecule has 1 aliphatic rings. The molecule has 1 aromatic heterocycles. The van der Waals surface area contributed by atoms with Crippen LogP contribution in [0.1, 0.15) is 25.7 Å². The Hall–Kier alpha value is 0.0500. The van der Waals surface area contributed by atoms with Gasteiger partial charge in [-0.05, 0) is 53.4 Å². The van der Waals surface area contributed by atoms with Crippen molar-refractivity contribution in [2.24, 2.45) is 11.7 Å². The van der Waals surface area contributed by atoms with E-state index < -0.39 is 10.0 Å². The largest absolute Gasteiger partial charge is 0.330 e. The minimum absolute atomic E-state index is 0.0321. The number of hydrogen-bond donors (Lipinski definition) is 1. The molecule has 1 aliphatic carbocycles. The Bertz CT molecular complexity index is 530. The van der Waals surface area contributed by atoms with Crippen LogP contribution in [-0.2, 0) is 10.0 Å². The van der Waals surface area contributed by atoms with Crippen molar-refractivity contribution in [1.82, 2.24) is 4.31 Å². The molecule has 1 aromatic rings. The summed E-state index contributed by atoms with van der Waals surface area (Å²) >= 11 is 4.56. The predicted molar refractivity (Wildman–Crippen MR) is 81.8 cm³/mol. The molecule has 0 saturated heterocycles. The fourth-order valence-corrected chi connectivity index (χ4v) is 6.34. The lowest BCUT2D eigenvalue weighted by atomic mass is 9.85. The molecule has 1 fully saturated rings. The number of thiophene rings is 1. The van der Waals surface area contributed by atoms with Crippen molar-refractivity contribution in [2.45, 2.75) is 35.9 Å². The lowest BCUT2D eigenvalue weighted by Crippen LogP contribution is -2.45. The van der Waals surface area contributed by atoms with E-state index in [4.69, 9.17) is 5.73 Å². The van der Waals surface area contributed by atoms with Gasteiger partial charge in [-0.25, -0.2) is 8.42 Å². The van der Waals surface area contributed by atoms with Crippen molar-refractivity contribution in [1.29, 1.82) is 0 Å². The zero-order valence-electron chi connectivity index (χ0n) is 10.9. The first-order valence-corrected chi connectivity index (χ1v) is 9.45. The number of sulfonamides is 1. The fraction of sp³-hybridized carbons (Fsp3) is 0.667. The number of hydrogen-bond acceptors (Lipinski definition) is 4. The molecule has 0 aliphatic heterocycles. The summed E-state index contributed by atoms with van der Waals surface area (Å²) < 4.78 is 27.9. The van der Waals surface area contributed by atoms with Crippen molar-refractivity contribution < 1.29 is 8.42 Å². The summed E-state index contributed by atoms with van der Waals surface area (Å²) in [5.74, 6) is 0.275. The summed E-state index contributed by atoms with van der Waals surface area (Å²) in [7, 11) is -1.71. The zero-order valence-corrected chi connectivity index (χ0v) is 14.1. The molecule has 0 radical (unpaired) electrons. The van der Waals surface area contributed by atoms with E-state index in [9.17, 15) is 8.42 Å². The summed E-state index contributed by atoms with van der Waals surface area (Å²) in [5.41, 5.74) is 5.79.